The van der Waals surface area contributed by atoms with E-state index >= 15 is 0 Å². The molecule has 5 nitrogen and oxygen atoms in total. The summed E-state index contributed by atoms with van der Waals surface area (Å²) >= 11 is 9.99. The topological polar surface area (TPSA) is 78.4 Å². The van der Waals surface area contributed by atoms with Crippen LogP contribution in [0.2, 0.25) is 0 Å². The van der Waals surface area contributed by atoms with E-state index in [0.29, 0.717) is 14.6 Å². The van der Waals surface area contributed by atoms with Crippen LogP contribution in [0, 0.1) is 5.92 Å². The number of carboxylic acid groups (broad SMARTS) is 1. The van der Waals surface area contributed by atoms with E-state index in [9.17, 15) is 9.59 Å². The number of nitrogens with one attached hydrogen (secondary N) is 2. The summed E-state index contributed by atoms with van der Waals surface area (Å²) in [6.07, 6.45) is 0. The fourth-order valence-electron chi connectivity index (χ4n) is 1.47. The Morgan fingerprint density at radius 3 is 2.05 bits per heavy atom. The maximum Gasteiger partial charge on any atom is 0.326 e. The van der Waals surface area contributed by atoms with Gasteiger partial charge in [-0.15, -0.1) is 0 Å². The smallest absolute Gasteiger partial charge is 0.326 e. The van der Waals surface area contributed by atoms with Gasteiger partial charge < -0.3 is 15.7 Å². The number of urea groups is 1. The van der Waals surface area contributed by atoms with Crippen molar-refractivity contribution in [1.82, 2.24) is 5.32 Å². The molecule has 0 fully saturated rings. The third kappa shape index (κ3) is 4.75. The van der Waals surface area contributed by atoms with Crippen LogP contribution in [0.5, 0.6) is 0 Å². The second-order valence-electron chi connectivity index (χ2n) is 4.40. The molecular weight excluding hydrogens is 460 g/mol. The second kappa shape index (κ2) is 7.42. The zero-order chi connectivity index (χ0) is 15.4. The lowest BCUT2D eigenvalue weighted by Gasteiger charge is -2.19. The molecule has 3 N–H and O–H groups in total. The van der Waals surface area contributed by atoms with Crippen molar-refractivity contribution in [1.29, 1.82) is 0 Å². The first-order chi connectivity index (χ1) is 9.22. The molecule has 1 aromatic rings. The Hall–Kier alpha value is -0.600. The van der Waals surface area contributed by atoms with Gasteiger partial charge in [-0.2, -0.15) is 0 Å². The lowest BCUT2D eigenvalue weighted by atomic mass is 10.1. The lowest BCUT2D eigenvalue weighted by Crippen LogP contribution is -2.46. The highest BCUT2D eigenvalue weighted by Gasteiger charge is 2.23. The average Bonchev–Trinajstić information content (AvgIpc) is 2.29. The molecule has 1 rings (SSSR count). The van der Waals surface area contributed by atoms with Gasteiger partial charge in [0.2, 0.25) is 0 Å². The summed E-state index contributed by atoms with van der Waals surface area (Å²) in [5, 5.41) is 14.1. The molecule has 1 atom stereocenters. The maximum absolute atomic E-state index is 11.9. The van der Waals surface area contributed by atoms with Gasteiger partial charge in [-0.3, -0.25) is 0 Å². The highest BCUT2D eigenvalue weighted by Crippen LogP contribution is 2.34. The second-order valence-corrected chi connectivity index (χ2v) is 7.03. The molecule has 0 aliphatic heterocycles. The predicted molar refractivity (Wildman–Crippen MR) is 88.0 cm³/mol. The van der Waals surface area contributed by atoms with E-state index < -0.39 is 18.0 Å². The van der Waals surface area contributed by atoms with Crippen molar-refractivity contribution < 1.29 is 14.7 Å². The molecule has 8 heteroatoms. The molecule has 2 amide bonds. The van der Waals surface area contributed by atoms with Crippen molar-refractivity contribution >= 4 is 65.5 Å². The summed E-state index contributed by atoms with van der Waals surface area (Å²) in [5.74, 6) is -1.28. The van der Waals surface area contributed by atoms with Crippen LogP contribution in [-0.4, -0.2) is 23.1 Å². The van der Waals surface area contributed by atoms with E-state index in [2.05, 4.69) is 58.4 Å². The maximum atomic E-state index is 11.9. The Morgan fingerprint density at radius 2 is 1.65 bits per heavy atom. The van der Waals surface area contributed by atoms with Gasteiger partial charge in [0.05, 0.1) is 5.69 Å². The molecule has 1 unspecified atom stereocenters. The summed E-state index contributed by atoms with van der Waals surface area (Å²) in [6.45, 7) is 3.45. The quantitative estimate of drug-likeness (QED) is 0.614. The molecule has 0 aliphatic rings. The minimum Gasteiger partial charge on any atom is -0.480 e. The Kier molecular flexibility index (Phi) is 6.47. The Balaban J connectivity index is 2.84. The molecular formula is C12H13Br3N2O3. The van der Waals surface area contributed by atoms with Crippen LogP contribution in [0.4, 0.5) is 10.5 Å². The monoisotopic (exact) mass is 470 g/mol. The van der Waals surface area contributed by atoms with Crippen LogP contribution in [0.25, 0.3) is 0 Å². The minimum absolute atomic E-state index is 0.213. The SMILES string of the molecule is CC(C)C(NC(=O)Nc1c(Br)cc(Br)cc1Br)C(=O)O. The van der Waals surface area contributed by atoms with Gasteiger partial charge in [0, 0.05) is 13.4 Å². The fourth-order valence-corrected chi connectivity index (χ4v) is 3.92. The van der Waals surface area contributed by atoms with E-state index in [0.717, 1.165) is 4.47 Å². The molecule has 0 radical (unpaired) electrons. The summed E-state index contributed by atoms with van der Waals surface area (Å²) in [7, 11) is 0. The molecule has 0 aromatic heterocycles. The molecule has 0 bridgehead atoms. The lowest BCUT2D eigenvalue weighted by molar-refractivity contribution is -0.140. The number of carbonyl (C=O) groups is 2. The first kappa shape index (κ1) is 17.5. The van der Waals surface area contributed by atoms with Gasteiger partial charge in [0.1, 0.15) is 6.04 Å². The van der Waals surface area contributed by atoms with Gasteiger partial charge in [-0.05, 0) is 49.9 Å². The number of rotatable bonds is 4. The number of hydrogen-bond donors (Lipinski definition) is 3. The normalized spacial score (nSPS) is 12.1. The van der Waals surface area contributed by atoms with Gasteiger partial charge in [0.25, 0.3) is 0 Å². The summed E-state index contributed by atoms with van der Waals surface area (Å²) in [5.41, 5.74) is 0.526. The standard InChI is InChI=1S/C12H13Br3N2O3/c1-5(2)9(11(18)19)16-12(20)17-10-7(14)3-6(13)4-8(10)15/h3-5,9H,1-2H3,(H,18,19)(H2,16,17,20). The zero-order valence-corrected chi connectivity index (χ0v) is 15.5. The number of amides is 2. The number of aliphatic carboxylic acids is 1. The van der Waals surface area contributed by atoms with Crippen LogP contribution in [0.1, 0.15) is 13.8 Å². The number of carbonyl (C=O) groups excluding carboxylic acids is 1. The Bertz CT molecular complexity index is 512. The highest BCUT2D eigenvalue weighted by molar-refractivity contribution is 9.11. The highest BCUT2D eigenvalue weighted by atomic mass is 79.9. The van der Waals surface area contributed by atoms with Crippen molar-refractivity contribution in [2.45, 2.75) is 19.9 Å². The van der Waals surface area contributed by atoms with Crippen molar-refractivity contribution in [3.63, 3.8) is 0 Å². The van der Waals surface area contributed by atoms with E-state index in [1.54, 1.807) is 26.0 Å². The first-order valence-electron chi connectivity index (χ1n) is 5.67. The number of hydrogen-bond acceptors (Lipinski definition) is 2. The van der Waals surface area contributed by atoms with Crippen molar-refractivity contribution in [3.05, 3.63) is 25.6 Å². The van der Waals surface area contributed by atoms with Crippen LogP contribution < -0.4 is 10.6 Å². The average molecular weight is 473 g/mol. The molecule has 0 spiro atoms. The minimum atomic E-state index is -1.07. The van der Waals surface area contributed by atoms with Crippen molar-refractivity contribution in [2.24, 2.45) is 5.92 Å². The third-order valence-corrected chi connectivity index (χ3v) is 4.17. The molecule has 0 saturated heterocycles. The van der Waals surface area contributed by atoms with E-state index in [4.69, 9.17) is 5.11 Å². The van der Waals surface area contributed by atoms with Crippen LogP contribution in [-0.2, 0) is 4.79 Å². The van der Waals surface area contributed by atoms with Crippen LogP contribution in [0.3, 0.4) is 0 Å². The van der Waals surface area contributed by atoms with E-state index in [1.165, 1.54) is 0 Å². The molecule has 110 valence electrons. The van der Waals surface area contributed by atoms with Gasteiger partial charge >= 0.3 is 12.0 Å². The molecule has 0 saturated carbocycles. The molecule has 0 aliphatic carbocycles. The van der Waals surface area contributed by atoms with Crippen LogP contribution >= 0.6 is 47.8 Å². The van der Waals surface area contributed by atoms with Crippen LogP contribution in [0.15, 0.2) is 25.6 Å². The largest absolute Gasteiger partial charge is 0.480 e. The Morgan fingerprint density at radius 1 is 1.15 bits per heavy atom. The van der Waals surface area contributed by atoms with Gasteiger partial charge in [0.15, 0.2) is 0 Å². The summed E-state index contributed by atoms with van der Waals surface area (Å²) in [6, 6.07) is 2.03. The van der Waals surface area contributed by atoms with Gasteiger partial charge in [-0.25, -0.2) is 9.59 Å². The summed E-state index contributed by atoms with van der Waals surface area (Å²) < 4.78 is 2.18. The molecule has 0 heterocycles. The number of halogens is 3. The molecule has 20 heavy (non-hydrogen) atoms. The number of carboxylic acids is 1. The number of benzene rings is 1. The molecule has 1 aromatic carbocycles. The summed E-state index contributed by atoms with van der Waals surface area (Å²) in [4.78, 5) is 22.9. The third-order valence-electron chi connectivity index (χ3n) is 2.46. The van der Waals surface area contributed by atoms with Crippen molar-refractivity contribution in [3.8, 4) is 0 Å². The number of anilines is 1. The van der Waals surface area contributed by atoms with E-state index in [-0.39, 0.29) is 5.92 Å². The van der Waals surface area contributed by atoms with Crippen molar-refractivity contribution in [2.75, 3.05) is 5.32 Å². The zero-order valence-electron chi connectivity index (χ0n) is 10.7. The predicted octanol–water partition coefficient (Wildman–Crippen LogP) is 4.20. The first-order valence-corrected chi connectivity index (χ1v) is 8.05. The van der Waals surface area contributed by atoms with Gasteiger partial charge in [-0.1, -0.05) is 29.8 Å². The fraction of sp³-hybridized carbons (Fsp3) is 0.333. The van der Waals surface area contributed by atoms with E-state index in [1.807, 2.05) is 0 Å². The Labute approximate surface area is 141 Å².